The summed E-state index contributed by atoms with van der Waals surface area (Å²) < 4.78 is 12.6. The summed E-state index contributed by atoms with van der Waals surface area (Å²) in [6.07, 6.45) is 1.42. The summed E-state index contributed by atoms with van der Waals surface area (Å²) in [7, 11) is 3.22. The zero-order valence-electron chi connectivity index (χ0n) is 14.7. The number of hydrogen-bond donors (Lipinski definition) is 1. The molecule has 0 spiro atoms. The van der Waals surface area contributed by atoms with Gasteiger partial charge in [0.2, 0.25) is 5.95 Å². The molecule has 0 fully saturated rings. The van der Waals surface area contributed by atoms with E-state index in [4.69, 9.17) is 26.1 Å². The van der Waals surface area contributed by atoms with Crippen molar-refractivity contribution in [1.82, 2.24) is 19.5 Å². The molecule has 1 N–H and O–H groups in total. The van der Waals surface area contributed by atoms with E-state index in [1.807, 2.05) is 41.0 Å². The van der Waals surface area contributed by atoms with Gasteiger partial charge in [0.05, 0.1) is 25.3 Å². The number of benzene rings is 2. The van der Waals surface area contributed by atoms with Gasteiger partial charge in [0.25, 0.3) is 0 Å². The van der Waals surface area contributed by atoms with Gasteiger partial charge in [-0.3, -0.25) is 4.57 Å². The molecule has 8 heteroatoms. The van der Waals surface area contributed by atoms with Gasteiger partial charge in [0.1, 0.15) is 28.8 Å². The van der Waals surface area contributed by atoms with Crippen LogP contribution in [0.15, 0.2) is 54.9 Å². The van der Waals surface area contributed by atoms with Crippen LogP contribution >= 0.6 is 11.6 Å². The van der Waals surface area contributed by atoms with Gasteiger partial charge in [-0.2, -0.15) is 0 Å². The number of methoxy groups -OCH3 is 2. The van der Waals surface area contributed by atoms with Crippen LogP contribution in [0.3, 0.4) is 0 Å². The Morgan fingerprint density at radius 3 is 2.41 bits per heavy atom. The van der Waals surface area contributed by atoms with Crippen molar-refractivity contribution in [3.63, 3.8) is 0 Å². The third-order valence-electron chi connectivity index (χ3n) is 4.02. The number of imidazole rings is 1. The average Bonchev–Trinajstić information content (AvgIpc) is 3.05. The molecule has 0 bridgehead atoms. The van der Waals surface area contributed by atoms with Crippen LogP contribution in [0.1, 0.15) is 0 Å². The maximum absolute atomic E-state index is 6.07. The maximum Gasteiger partial charge on any atom is 0.214 e. The van der Waals surface area contributed by atoms with Gasteiger partial charge in [-0.1, -0.05) is 23.7 Å². The summed E-state index contributed by atoms with van der Waals surface area (Å²) in [5.74, 6) is 2.54. The lowest BCUT2D eigenvalue weighted by Crippen LogP contribution is -2.04. The van der Waals surface area contributed by atoms with E-state index in [9.17, 15) is 0 Å². The van der Waals surface area contributed by atoms with Crippen molar-refractivity contribution in [2.75, 3.05) is 19.5 Å². The predicted octanol–water partition coefficient (Wildman–Crippen LogP) is 4.23. The Bertz CT molecular complexity index is 1090. The van der Waals surface area contributed by atoms with Crippen LogP contribution in [0.5, 0.6) is 11.5 Å². The Kier molecular flexibility index (Phi) is 4.52. The summed E-state index contributed by atoms with van der Waals surface area (Å²) in [5, 5.41) is 3.67. The summed E-state index contributed by atoms with van der Waals surface area (Å²) >= 11 is 6.07. The van der Waals surface area contributed by atoms with E-state index >= 15 is 0 Å². The largest absolute Gasteiger partial charge is 0.497 e. The molecule has 27 heavy (non-hydrogen) atoms. The van der Waals surface area contributed by atoms with Crippen LogP contribution in [0.2, 0.25) is 5.15 Å². The Morgan fingerprint density at radius 1 is 0.963 bits per heavy atom. The number of hydrogen-bond acceptors (Lipinski definition) is 6. The molecule has 0 amide bonds. The van der Waals surface area contributed by atoms with E-state index in [2.05, 4.69) is 15.3 Å². The summed E-state index contributed by atoms with van der Waals surface area (Å²) in [5.41, 5.74) is 2.48. The van der Waals surface area contributed by atoms with Gasteiger partial charge < -0.3 is 14.8 Å². The highest BCUT2D eigenvalue weighted by Gasteiger charge is 2.15. The van der Waals surface area contributed by atoms with Crippen molar-refractivity contribution >= 4 is 34.3 Å². The smallest absolute Gasteiger partial charge is 0.214 e. The molecule has 0 atom stereocenters. The first-order valence-electron chi connectivity index (χ1n) is 8.13. The SMILES string of the molecule is COc1cc(Nc2nc3ccccc3n2-c2cc(Cl)ncn2)cc(OC)c1. The molecular formula is C19H16ClN5O2. The average molecular weight is 382 g/mol. The van der Waals surface area contributed by atoms with Gasteiger partial charge in [0, 0.05) is 30.0 Å². The Balaban J connectivity index is 1.86. The number of nitrogens with one attached hydrogen (secondary N) is 1. The molecule has 0 saturated heterocycles. The highest BCUT2D eigenvalue weighted by atomic mass is 35.5. The summed E-state index contributed by atoms with van der Waals surface area (Å²) in [6.45, 7) is 0. The molecule has 0 aliphatic heterocycles. The van der Waals surface area contributed by atoms with E-state index in [1.54, 1.807) is 26.4 Å². The minimum Gasteiger partial charge on any atom is -0.497 e. The quantitative estimate of drug-likeness (QED) is 0.521. The number of aromatic nitrogens is 4. The standard InChI is InChI=1S/C19H16ClN5O2/c1-26-13-7-12(8-14(9-13)27-2)23-19-24-15-5-3-4-6-16(15)25(19)18-10-17(20)21-11-22-18/h3-11H,1-2H3,(H,23,24). The highest BCUT2D eigenvalue weighted by Crippen LogP contribution is 2.30. The molecule has 4 rings (SSSR count). The van der Waals surface area contributed by atoms with Gasteiger partial charge in [-0.15, -0.1) is 0 Å². The number of rotatable bonds is 5. The van der Waals surface area contributed by atoms with Gasteiger partial charge in [0.15, 0.2) is 0 Å². The molecular weight excluding hydrogens is 366 g/mol. The number of fused-ring (bicyclic) bond motifs is 1. The van der Waals surface area contributed by atoms with Crippen molar-refractivity contribution in [3.05, 3.63) is 60.0 Å². The lowest BCUT2D eigenvalue weighted by molar-refractivity contribution is 0.395. The van der Waals surface area contributed by atoms with E-state index < -0.39 is 0 Å². The van der Waals surface area contributed by atoms with Crippen LogP contribution in [-0.4, -0.2) is 33.7 Å². The van der Waals surface area contributed by atoms with Gasteiger partial charge in [-0.05, 0) is 12.1 Å². The van der Waals surface area contributed by atoms with E-state index in [-0.39, 0.29) is 0 Å². The molecule has 0 radical (unpaired) electrons. The lowest BCUT2D eigenvalue weighted by atomic mass is 10.3. The number of nitrogens with zero attached hydrogens (tertiary/aromatic N) is 4. The fraction of sp³-hybridized carbons (Fsp3) is 0.105. The number of para-hydroxylation sites is 2. The first kappa shape index (κ1) is 17.1. The van der Waals surface area contributed by atoms with Gasteiger partial charge >= 0.3 is 0 Å². The molecule has 0 saturated carbocycles. The molecule has 0 unspecified atom stereocenters. The third-order valence-corrected chi connectivity index (χ3v) is 4.22. The van der Waals surface area contributed by atoms with Crippen LogP contribution in [0.25, 0.3) is 16.9 Å². The maximum atomic E-state index is 6.07. The monoisotopic (exact) mass is 381 g/mol. The normalized spacial score (nSPS) is 10.8. The van der Waals surface area contributed by atoms with Crippen molar-refractivity contribution in [1.29, 1.82) is 0 Å². The van der Waals surface area contributed by atoms with E-state index in [0.717, 1.165) is 16.7 Å². The molecule has 136 valence electrons. The second-order valence-electron chi connectivity index (χ2n) is 5.68. The second kappa shape index (κ2) is 7.13. The zero-order valence-corrected chi connectivity index (χ0v) is 15.4. The fourth-order valence-electron chi connectivity index (χ4n) is 2.80. The first-order valence-corrected chi connectivity index (χ1v) is 8.51. The third kappa shape index (κ3) is 3.37. The lowest BCUT2D eigenvalue weighted by Gasteiger charge is -2.12. The topological polar surface area (TPSA) is 74.1 Å². The van der Waals surface area contributed by atoms with Crippen molar-refractivity contribution in [2.24, 2.45) is 0 Å². The minimum atomic E-state index is 0.354. The summed E-state index contributed by atoms with van der Waals surface area (Å²) in [4.78, 5) is 13.0. The van der Waals surface area contributed by atoms with E-state index in [1.165, 1.54) is 6.33 Å². The number of ether oxygens (including phenoxy) is 2. The molecule has 0 aliphatic rings. The van der Waals surface area contributed by atoms with Crippen molar-refractivity contribution < 1.29 is 9.47 Å². The second-order valence-corrected chi connectivity index (χ2v) is 6.07. The van der Waals surface area contributed by atoms with E-state index in [0.29, 0.717) is 28.4 Å². The zero-order chi connectivity index (χ0) is 18.8. The molecule has 7 nitrogen and oxygen atoms in total. The molecule has 2 heterocycles. The van der Waals surface area contributed by atoms with Crippen LogP contribution in [0, 0.1) is 0 Å². The Hall–Kier alpha value is -3.32. The Labute approximate surface area is 160 Å². The molecule has 4 aromatic rings. The fourth-order valence-corrected chi connectivity index (χ4v) is 2.94. The highest BCUT2D eigenvalue weighted by molar-refractivity contribution is 6.29. The van der Waals surface area contributed by atoms with Crippen LogP contribution in [0.4, 0.5) is 11.6 Å². The van der Waals surface area contributed by atoms with Gasteiger partial charge in [-0.25, -0.2) is 15.0 Å². The molecule has 2 aromatic carbocycles. The number of halogens is 1. The number of anilines is 2. The van der Waals surface area contributed by atoms with Crippen molar-refractivity contribution in [3.8, 4) is 17.3 Å². The predicted molar refractivity (Wildman–Crippen MR) is 104 cm³/mol. The summed E-state index contributed by atoms with van der Waals surface area (Å²) in [6, 6.07) is 15.0. The molecule has 0 aliphatic carbocycles. The van der Waals surface area contributed by atoms with Crippen molar-refractivity contribution in [2.45, 2.75) is 0 Å². The Morgan fingerprint density at radius 2 is 1.70 bits per heavy atom. The molecule has 2 aromatic heterocycles. The minimum absolute atomic E-state index is 0.354. The van der Waals surface area contributed by atoms with Crippen LogP contribution < -0.4 is 14.8 Å². The first-order chi connectivity index (χ1) is 13.2. The van der Waals surface area contributed by atoms with Crippen LogP contribution in [-0.2, 0) is 0 Å².